The molecule has 0 unspecified atom stereocenters. The molecule has 0 bridgehead atoms. The molecule has 2 atom stereocenters. The SMILES string of the molecule is CC(=O)O.NC(N)=NCCC[C@H](N)C(=O)N1CCC[C@H]1C(=O)Nc1ccc([N+](=O)[O-])cc1. The van der Waals surface area contributed by atoms with Gasteiger partial charge in [-0.3, -0.25) is 29.5 Å². The average Bonchev–Trinajstić information content (AvgIpc) is 3.20. The van der Waals surface area contributed by atoms with Crippen LogP contribution in [-0.4, -0.2) is 63.8 Å². The summed E-state index contributed by atoms with van der Waals surface area (Å²) in [6.07, 6.45) is 2.19. The molecule has 2 amide bonds. The molecule has 13 nitrogen and oxygen atoms in total. The van der Waals surface area contributed by atoms with Crippen LogP contribution in [0.3, 0.4) is 0 Å². The van der Waals surface area contributed by atoms with Gasteiger partial charge in [0.1, 0.15) is 6.04 Å². The molecule has 32 heavy (non-hydrogen) atoms. The Hall–Kier alpha value is -3.74. The second kappa shape index (κ2) is 12.8. The van der Waals surface area contributed by atoms with Gasteiger partial charge in [0.05, 0.1) is 11.0 Å². The number of likely N-dealkylation sites (tertiary alicyclic amines) is 1. The number of carbonyl (C=O) groups excluding carboxylic acids is 2. The predicted molar refractivity (Wildman–Crippen MR) is 118 cm³/mol. The summed E-state index contributed by atoms with van der Waals surface area (Å²) >= 11 is 0. The van der Waals surface area contributed by atoms with Crippen LogP contribution in [0.1, 0.15) is 32.6 Å². The monoisotopic (exact) mass is 451 g/mol. The predicted octanol–water partition coefficient (Wildman–Crippen LogP) is -0.00390. The first-order valence-electron chi connectivity index (χ1n) is 9.89. The minimum atomic E-state index is -0.833. The number of carbonyl (C=O) groups is 3. The van der Waals surface area contributed by atoms with E-state index in [0.29, 0.717) is 44.5 Å². The molecule has 0 saturated carbocycles. The van der Waals surface area contributed by atoms with E-state index >= 15 is 0 Å². The third-order valence-electron chi connectivity index (χ3n) is 4.47. The topological polar surface area (TPSA) is 220 Å². The van der Waals surface area contributed by atoms with Gasteiger partial charge in [-0.05, 0) is 37.8 Å². The first-order valence-corrected chi connectivity index (χ1v) is 9.89. The Morgan fingerprint density at radius 3 is 2.44 bits per heavy atom. The summed E-state index contributed by atoms with van der Waals surface area (Å²) < 4.78 is 0. The molecule has 0 aromatic heterocycles. The van der Waals surface area contributed by atoms with Gasteiger partial charge in [0.15, 0.2) is 5.96 Å². The number of aliphatic carboxylic acids is 1. The molecule has 1 aromatic carbocycles. The number of carboxylic acid groups (broad SMARTS) is 1. The van der Waals surface area contributed by atoms with Gasteiger partial charge in [-0.1, -0.05) is 0 Å². The number of nitrogens with two attached hydrogens (primary N) is 3. The molecule has 8 N–H and O–H groups in total. The standard InChI is InChI=1S/C17H25N7O4.C2H4O2/c18-13(3-1-9-21-17(19)20)16(26)23-10-2-4-14(23)15(25)22-11-5-7-12(8-6-11)24(27)28;1-2(3)4/h5-8,13-14H,1-4,9-10,18H2,(H,22,25)(H4,19,20,21);1H3,(H,3,4)/t13-,14-;/m0./s1. The van der Waals surface area contributed by atoms with Crippen LogP contribution in [0.4, 0.5) is 11.4 Å². The second-order valence-corrected chi connectivity index (χ2v) is 7.06. The molecule has 1 aliphatic rings. The third kappa shape index (κ3) is 8.95. The van der Waals surface area contributed by atoms with E-state index < -0.39 is 23.0 Å². The third-order valence-corrected chi connectivity index (χ3v) is 4.47. The maximum absolute atomic E-state index is 12.6. The molecular weight excluding hydrogens is 422 g/mol. The lowest BCUT2D eigenvalue weighted by atomic mass is 10.1. The van der Waals surface area contributed by atoms with Crippen molar-refractivity contribution in [2.75, 3.05) is 18.4 Å². The van der Waals surface area contributed by atoms with E-state index in [2.05, 4.69) is 10.3 Å². The number of non-ortho nitro benzene ring substituents is 1. The van der Waals surface area contributed by atoms with E-state index in [1.807, 2.05) is 0 Å². The number of hydrogen-bond donors (Lipinski definition) is 5. The van der Waals surface area contributed by atoms with E-state index in [1.54, 1.807) is 0 Å². The van der Waals surface area contributed by atoms with Crippen molar-refractivity contribution in [1.29, 1.82) is 0 Å². The summed E-state index contributed by atoms with van der Waals surface area (Å²) in [7, 11) is 0. The Balaban J connectivity index is 0.00000118. The van der Waals surface area contributed by atoms with Crippen LogP contribution in [0.25, 0.3) is 0 Å². The van der Waals surface area contributed by atoms with Crippen LogP contribution >= 0.6 is 0 Å². The summed E-state index contributed by atoms with van der Waals surface area (Å²) in [4.78, 5) is 49.7. The van der Waals surface area contributed by atoms with E-state index in [-0.39, 0.29) is 23.5 Å². The fourth-order valence-corrected chi connectivity index (χ4v) is 3.05. The van der Waals surface area contributed by atoms with Gasteiger partial charge >= 0.3 is 0 Å². The van der Waals surface area contributed by atoms with E-state index in [9.17, 15) is 19.7 Å². The zero-order valence-electron chi connectivity index (χ0n) is 17.8. The quantitative estimate of drug-likeness (QED) is 0.118. The number of rotatable bonds is 8. The highest BCUT2D eigenvalue weighted by Gasteiger charge is 2.36. The van der Waals surface area contributed by atoms with Gasteiger partial charge < -0.3 is 32.5 Å². The summed E-state index contributed by atoms with van der Waals surface area (Å²) in [6, 6.07) is 4.16. The number of nitro groups is 1. The van der Waals surface area contributed by atoms with Gasteiger partial charge in [0.25, 0.3) is 11.7 Å². The first kappa shape index (κ1) is 26.3. The van der Waals surface area contributed by atoms with Crippen molar-refractivity contribution < 1.29 is 24.4 Å². The second-order valence-electron chi connectivity index (χ2n) is 7.06. The van der Waals surface area contributed by atoms with Crippen LogP contribution in [0.2, 0.25) is 0 Å². The van der Waals surface area contributed by atoms with Crippen molar-refractivity contribution >= 4 is 35.1 Å². The van der Waals surface area contributed by atoms with Gasteiger partial charge in [0.2, 0.25) is 11.8 Å². The number of guanidine groups is 1. The molecule has 0 spiro atoms. The Morgan fingerprint density at radius 2 is 1.91 bits per heavy atom. The molecule has 1 aromatic rings. The van der Waals surface area contributed by atoms with Gasteiger partial charge in [-0.15, -0.1) is 0 Å². The number of hydrogen-bond acceptors (Lipinski definition) is 7. The molecule has 0 radical (unpaired) electrons. The molecule has 1 aliphatic heterocycles. The molecule has 1 saturated heterocycles. The molecule has 13 heteroatoms. The highest BCUT2D eigenvalue weighted by atomic mass is 16.6. The zero-order chi connectivity index (χ0) is 24.3. The van der Waals surface area contributed by atoms with Gasteiger partial charge in [-0.2, -0.15) is 0 Å². The van der Waals surface area contributed by atoms with Crippen LogP contribution in [0.15, 0.2) is 29.3 Å². The highest BCUT2D eigenvalue weighted by molar-refractivity contribution is 5.98. The number of amides is 2. The van der Waals surface area contributed by atoms with Crippen LogP contribution in [0.5, 0.6) is 0 Å². The zero-order valence-corrected chi connectivity index (χ0v) is 17.8. The van der Waals surface area contributed by atoms with Crippen molar-refractivity contribution in [2.45, 2.75) is 44.7 Å². The Labute approximate surface area is 184 Å². The lowest BCUT2D eigenvalue weighted by Gasteiger charge is -2.26. The summed E-state index contributed by atoms with van der Waals surface area (Å²) in [5, 5.41) is 20.8. The summed E-state index contributed by atoms with van der Waals surface area (Å²) in [6.45, 7) is 1.92. The molecule has 1 fully saturated rings. The Morgan fingerprint density at radius 1 is 1.31 bits per heavy atom. The molecule has 2 rings (SSSR count). The van der Waals surface area contributed by atoms with Crippen molar-refractivity contribution in [1.82, 2.24) is 4.90 Å². The van der Waals surface area contributed by atoms with Crippen molar-refractivity contribution in [3.8, 4) is 0 Å². The van der Waals surface area contributed by atoms with Gasteiger partial charge in [-0.25, -0.2) is 0 Å². The number of anilines is 1. The largest absolute Gasteiger partial charge is 0.481 e. The minimum absolute atomic E-state index is 0.0116. The maximum atomic E-state index is 12.6. The number of nitrogens with zero attached hydrogens (tertiary/aromatic N) is 3. The van der Waals surface area contributed by atoms with Gasteiger partial charge in [0, 0.05) is 37.8 Å². The highest BCUT2D eigenvalue weighted by Crippen LogP contribution is 2.22. The molecule has 1 heterocycles. The number of nitrogens with one attached hydrogen (secondary N) is 1. The minimum Gasteiger partial charge on any atom is -0.481 e. The maximum Gasteiger partial charge on any atom is 0.300 e. The van der Waals surface area contributed by atoms with Crippen molar-refractivity contribution in [2.24, 2.45) is 22.2 Å². The van der Waals surface area contributed by atoms with Crippen LogP contribution < -0.4 is 22.5 Å². The molecule has 0 aliphatic carbocycles. The lowest BCUT2D eigenvalue weighted by molar-refractivity contribution is -0.384. The summed E-state index contributed by atoms with van der Waals surface area (Å²) in [5.41, 5.74) is 16.8. The number of aliphatic imine (C=N–C) groups is 1. The number of carboxylic acids is 1. The molecular formula is C19H29N7O6. The van der Waals surface area contributed by atoms with E-state index in [1.165, 1.54) is 29.2 Å². The first-order chi connectivity index (χ1) is 15.0. The summed E-state index contributed by atoms with van der Waals surface area (Å²) in [5.74, 6) is -1.47. The normalized spacial score (nSPS) is 15.7. The van der Waals surface area contributed by atoms with Crippen LogP contribution in [0, 0.1) is 10.1 Å². The Bertz CT molecular complexity index is 835. The van der Waals surface area contributed by atoms with Crippen LogP contribution in [-0.2, 0) is 14.4 Å². The number of nitro benzene ring substituents is 1. The van der Waals surface area contributed by atoms with E-state index in [0.717, 1.165) is 6.92 Å². The smallest absolute Gasteiger partial charge is 0.300 e. The fraction of sp³-hybridized carbons (Fsp3) is 0.474. The Kier molecular flexibility index (Phi) is 10.6. The van der Waals surface area contributed by atoms with Crippen molar-refractivity contribution in [3.63, 3.8) is 0 Å². The average molecular weight is 451 g/mol. The van der Waals surface area contributed by atoms with Crippen molar-refractivity contribution in [3.05, 3.63) is 34.4 Å². The molecule has 176 valence electrons. The van der Waals surface area contributed by atoms with E-state index in [4.69, 9.17) is 27.1 Å². The number of benzene rings is 1. The lowest BCUT2D eigenvalue weighted by Crippen LogP contribution is -2.49. The fourth-order valence-electron chi connectivity index (χ4n) is 3.05.